The summed E-state index contributed by atoms with van der Waals surface area (Å²) in [5.41, 5.74) is 0. The van der Waals surface area contributed by atoms with Crippen LogP contribution in [0.1, 0.15) is 26.7 Å². The van der Waals surface area contributed by atoms with Gasteiger partial charge in [0.1, 0.15) is 6.73 Å². The molecule has 0 amide bonds. The molecule has 0 heterocycles. The predicted molar refractivity (Wildman–Crippen MR) is 53.3 cm³/mol. The predicted octanol–water partition coefficient (Wildman–Crippen LogP) is 1.80. The van der Waals surface area contributed by atoms with E-state index in [1.807, 2.05) is 11.9 Å². The summed E-state index contributed by atoms with van der Waals surface area (Å²) in [6.45, 7) is 5.28. The summed E-state index contributed by atoms with van der Waals surface area (Å²) in [6.07, 6.45) is 5.40. The van der Waals surface area contributed by atoms with Crippen LogP contribution in [0.4, 0.5) is 0 Å². The van der Waals surface area contributed by atoms with Gasteiger partial charge in [-0.1, -0.05) is 19.4 Å². The van der Waals surface area contributed by atoms with Crippen LogP contribution in [0.2, 0.25) is 0 Å². The second-order valence-corrected chi connectivity index (χ2v) is 3.03. The Hall–Kier alpha value is -0.830. The maximum absolute atomic E-state index is 10.9. The monoisotopic (exact) mass is 185 g/mol. The lowest BCUT2D eigenvalue weighted by molar-refractivity contribution is -0.141. The van der Waals surface area contributed by atoms with Crippen LogP contribution in [0.15, 0.2) is 12.2 Å². The molecule has 13 heavy (non-hydrogen) atoms. The minimum Gasteiger partial charge on any atom is -0.446 e. The Kier molecular flexibility index (Phi) is 7.30. The van der Waals surface area contributed by atoms with E-state index in [1.54, 1.807) is 13.0 Å². The minimum atomic E-state index is -0.272. The number of unbranched alkanes of at least 4 members (excludes halogenated alkanes) is 1. The fraction of sp³-hybridized carbons (Fsp3) is 0.700. The average molecular weight is 185 g/mol. The lowest BCUT2D eigenvalue weighted by Crippen LogP contribution is -2.24. The minimum absolute atomic E-state index is 0.272. The SMILES string of the molecule is C/C=C/C(=O)OCN(C)CCCC. The highest BCUT2D eigenvalue weighted by atomic mass is 16.5. The Morgan fingerprint density at radius 3 is 2.77 bits per heavy atom. The largest absolute Gasteiger partial charge is 0.446 e. The highest BCUT2D eigenvalue weighted by molar-refractivity contribution is 5.81. The highest BCUT2D eigenvalue weighted by Crippen LogP contribution is 1.92. The van der Waals surface area contributed by atoms with Crippen LogP contribution < -0.4 is 0 Å². The molecule has 0 atom stereocenters. The zero-order chi connectivity index (χ0) is 10.1. The Balaban J connectivity index is 3.45. The van der Waals surface area contributed by atoms with Crippen molar-refractivity contribution in [1.82, 2.24) is 4.90 Å². The van der Waals surface area contributed by atoms with E-state index < -0.39 is 0 Å². The van der Waals surface area contributed by atoms with E-state index in [0.29, 0.717) is 6.73 Å². The van der Waals surface area contributed by atoms with E-state index in [-0.39, 0.29) is 5.97 Å². The zero-order valence-corrected chi connectivity index (χ0v) is 8.75. The fourth-order valence-corrected chi connectivity index (χ4v) is 0.851. The molecule has 76 valence electrons. The number of ether oxygens (including phenoxy) is 1. The van der Waals surface area contributed by atoms with Gasteiger partial charge in [0, 0.05) is 12.6 Å². The van der Waals surface area contributed by atoms with Crippen molar-refractivity contribution < 1.29 is 9.53 Å². The zero-order valence-electron chi connectivity index (χ0n) is 8.75. The van der Waals surface area contributed by atoms with Crippen LogP contribution in [-0.4, -0.2) is 31.2 Å². The van der Waals surface area contributed by atoms with Crippen LogP contribution in [-0.2, 0) is 9.53 Å². The summed E-state index contributed by atoms with van der Waals surface area (Å²) in [5, 5.41) is 0. The van der Waals surface area contributed by atoms with E-state index in [4.69, 9.17) is 4.74 Å². The number of nitrogens with zero attached hydrogens (tertiary/aromatic N) is 1. The summed E-state index contributed by atoms with van der Waals surface area (Å²) < 4.78 is 4.94. The smallest absolute Gasteiger partial charge is 0.331 e. The Morgan fingerprint density at radius 1 is 1.54 bits per heavy atom. The molecule has 0 aliphatic heterocycles. The first-order valence-corrected chi connectivity index (χ1v) is 4.68. The number of rotatable bonds is 6. The van der Waals surface area contributed by atoms with Crippen LogP contribution in [0.3, 0.4) is 0 Å². The second kappa shape index (κ2) is 7.80. The van der Waals surface area contributed by atoms with Crippen LogP contribution >= 0.6 is 0 Å². The molecule has 0 aliphatic rings. The van der Waals surface area contributed by atoms with E-state index >= 15 is 0 Å². The van der Waals surface area contributed by atoms with Gasteiger partial charge in [-0.25, -0.2) is 4.79 Å². The van der Waals surface area contributed by atoms with Crippen molar-refractivity contribution in [2.75, 3.05) is 20.3 Å². The van der Waals surface area contributed by atoms with Gasteiger partial charge in [0.15, 0.2) is 0 Å². The van der Waals surface area contributed by atoms with Gasteiger partial charge in [-0.05, 0) is 20.4 Å². The molecular weight excluding hydrogens is 166 g/mol. The van der Waals surface area contributed by atoms with Crippen LogP contribution in [0.5, 0.6) is 0 Å². The lowest BCUT2D eigenvalue weighted by Gasteiger charge is -2.14. The first-order chi connectivity index (χ1) is 6.20. The lowest BCUT2D eigenvalue weighted by atomic mass is 10.3. The van der Waals surface area contributed by atoms with Gasteiger partial charge in [0.2, 0.25) is 0 Å². The molecule has 0 N–H and O–H groups in total. The topological polar surface area (TPSA) is 29.5 Å². The van der Waals surface area contributed by atoms with Gasteiger partial charge in [-0.2, -0.15) is 0 Å². The van der Waals surface area contributed by atoms with E-state index in [0.717, 1.165) is 19.4 Å². The molecule has 0 saturated heterocycles. The molecule has 3 heteroatoms. The maximum atomic E-state index is 10.9. The molecule has 0 aromatic rings. The molecule has 0 radical (unpaired) electrons. The third-order valence-electron chi connectivity index (χ3n) is 1.62. The molecule has 0 fully saturated rings. The van der Waals surface area contributed by atoms with Crippen molar-refractivity contribution in [1.29, 1.82) is 0 Å². The first-order valence-electron chi connectivity index (χ1n) is 4.68. The molecule has 0 bridgehead atoms. The molecule has 3 nitrogen and oxygen atoms in total. The maximum Gasteiger partial charge on any atom is 0.331 e. The van der Waals surface area contributed by atoms with Crippen LogP contribution in [0, 0.1) is 0 Å². The van der Waals surface area contributed by atoms with Gasteiger partial charge >= 0.3 is 5.97 Å². The Bertz CT molecular complexity index is 166. The second-order valence-electron chi connectivity index (χ2n) is 3.03. The molecule has 0 aromatic carbocycles. The van der Waals surface area contributed by atoms with E-state index in [9.17, 15) is 4.79 Å². The standard InChI is InChI=1S/C10H19NO2/c1-4-6-8-11(3)9-13-10(12)7-5-2/h5,7H,4,6,8-9H2,1-3H3/b7-5+. The molecule has 0 spiro atoms. The van der Waals surface area contributed by atoms with Crippen molar-refractivity contribution in [2.45, 2.75) is 26.7 Å². The number of allylic oxidation sites excluding steroid dienone is 1. The summed E-state index contributed by atoms with van der Waals surface area (Å²) in [6, 6.07) is 0. The van der Waals surface area contributed by atoms with Gasteiger partial charge in [0.25, 0.3) is 0 Å². The van der Waals surface area contributed by atoms with Gasteiger partial charge in [-0.15, -0.1) is 0 Å². The quantitative estimate of drug-likeness (QED) is 0.359. The van der Waals surface area contributed by atoms with Gasteiger partial charge < -0.3 is 4.74 Å². The van der Waals surface area contributed by atoms with E-state index in [2.05, 4.69) is 6.92 Å². The van der Waals surface area contributed by atoms with Gasteiger partial charge in [0.05, 0.1) is 0 Å². The summed E-state index contributed by atoms with van der Waals surface area (Å²) in [5.74, 6) is -0.272. The average Bonchev–Trinajstić information content (AvgIpc) is 2.12. The Morgan fingerprint density at radius 2 is 2.23 bits per heavy atom. The summed E-state index contributed by atoms with van der Waals surface area (Å²) in [4.78, 5) is 12.9. The number of carbonyl (C=O) groups excluding carboxylic acids is 1. The molecule has 0 saturated carbocycles. The third kappa shape index (κ3) is 7.53. The Labute approximate surface area is 80.4 Å². The third-order valence-corrected chi connectivity index (χ3v) is 1.62. The number of carbonyl (C=O) groups is 1. The number of hydrogen-bond donors (Lipinski definition) is 0. The van der Waals surface area contributed by atoms with E-state index in [1.165, 1.54) is 6.08 Å². The summed E-state index contributed by atoms with van der Waals surface area (Å²) in [7, 11) is 1.94. The van der Waals surface area contributed by atoms with Gasteiger partial charge in [-0.3, -0.25) is 4.90 Å². The normalized spacial score (nSPS) is 11.1. The number of esters is 1. The molecular formula is C10H19NO2. The highest BCUT2D eigenvalue weighted by Gasteiger charge is 2.00. The first kappa shape index (κ1) is 12.2. The summed E-state index contributed by atoms with van der Waals surface area (Å²) >= 11 is 0. The molecule has 0 aliphatic carbocycles. The van der Waals surface area contributed by atoms with Crippen molar-refractivity contribution in [3.05, 3.63) is 12.2 Å². The van der Waals surface area contributed by atoms with Crippen molar-refractivity contribution in [3.8, 4) is 0 Å². The molecule has 0 rings (SSSR count). The molecule has 0 aromatic heterocycles. The van der Waals surface area contributed by atoms with Crippen LogP contribution in [0.25, 0.3) is 0 Å². The fourth-order valence-electron chi connectivity index (χ4n) is 0.851. The van der Waals surface area contributed by atoms with Crippen molar-refractivity contribution in [3.63, 3.8) is 0 Å². The van der Waals surface area contributed by atoms with Crippen molar-refractivity contribution in [2.24, 2.45) is 0 Å². The molecule has 0 unspecified atom stereocenters. The number of hydrogen-bond acceptors (Lipinski definition) is 3. The van der Waals surface area contributed by atoms with Crippen molar-refractivity contribution >= 4 is 5.97 Å².